The molecule has 0 saturated carbocycles. The van der Waals surface area contributed by atoms with Crippen LogP contribution < -0.4 is 14.7 Å². The minimum atomic E-state index is -0.451. The Kier molecular flexibility index (Phi) is 4.56. The van der Waals surface area contributed by atoms with Gasteiger partial charge in [-0.1, -0.05) is 6.07 Å². The Morgan fingerprint density at radius 1 is 1.22 bits per heavy atom. The van der Waals surface area contributed by atoms with Crippen molar-refractivity contribution in [2.75, 3.05) is 48.4 Å². The van der Waals surface area contributed by atoms with Crippen molar-refractivity contribution in [1.29, 1.82) is 5.26 Å². The largest absolute Gasteiger partial charge is 0.365 e. The lowest BCUT2D eigenvalue weighted by molar-refractivity contribution is 0.387. The summed E-state index contributed by atoms with van der Waals surface area (Å²) in [7, 11) is 3.93. The van der Waals surface area contributed by atoms with Crippen LogP contribution in [0.2, 0.25) is 0 Å². The van der Waals surface area contributed by atoms with E-state index >= 15 is 0 Å². The van der Waals surface area contributed by atoms with Crippen molar-refractivity contribution >= 4 is 17.5 Å². The quantitative estimate of drug-likeness (QED) is 0.832. The molecule has 2 aliphatic heterocycles. The van der Waals surface area contributed by atoms with Gasteiger partial charge in [0.25, 0.3) is 0 Å². The normalized spacial score (nSPS) is 21.7. The number of hydrogen-bond acceptors (Lipinski definition) is 6. The number of anilines is 3. The van der Waals surface area contributed by atoms with Crippen molar-refractivity contribution in [3.63, 3.8) is 0 Å². The van der Waals surface area contributed by atoms with Crippen molar-refractivity contribution in [1.82, 2.24) is 9.97 Å². The summed E-state index contributed by atoms with van der Waals surface area (Å²) in [6, 6.07) is 9.05. The zero-order valence-electron chi connectivity index (χ0n) is 15.6. The Labute approximate surface area is 158 Å². The van der Waals surface area contributed by atoms with Gasteiger partial charge in [0.15, 0.2) is 0 Å². The second-order valence-corrected chi connectivity index (χ2v) is 7.40. The summed E-state index contributed by atoms with van der Waals surface area (Å²) in [6.07, 6.45) is 3.91. The van der Waals surface area contributed by atoms with E-state index < -0.39 is 5.82 Å². The first-order valence-electron chi connectivity index (χ1n) is 9.29. The lowest BCUT2D eigenvalue weighted by Gasteiger charge is -2.39. The van der Waals surface area contributed by atoms with Crippen LogP contribution in [0.15, 0.2) is 30.5 Å². The lowest BCUT2D eigenvalue weighted by Crippen LogP contribution is -2.49. The van der Waals surface area contributed by atoms with Crippen molar-refractivity contribution in [3.8, 4) is 6.07 Å². The van der Waals surface area contributed by atoms with Gasteiger partial charge in [0.2, 0.25) is 5.95 Å². The Morgan fingerprint density at radius 3 is 2.81 bits per heavy atom. The molecule has 2 aliphatic rings. The summed E-state index contributed by atoms with van der Waals surface area (Å²) in [5.41, 5.74) is 0.843. The fourth-order valence-electron chi connectivity index (χ4n) is 4.22. The molecule has 27 heavy (non-hydrogen) atoms. The first-order valence-corrected chi connectivity index (χ1v) is 9.29. The van der Waals surface area contributed by atoms with Gasteiger partial charge in [0, 0.05) is 46.0 Å². The van der Waals surface area contributed by atoms with Crippen LogP contribution in [0.25, 0.3) is 0 Å². The number of halogens is 1. The number of aromatic nitrogens is 2. The molecule has 0 bridgehead atoms. The molecule has 0 N–H and O–H groups in total. The Morgan fingerprint density at radius 2 is 2.04 bits per heavy atom. The highest BCUT2D eigenvalue weighted by atomic mass is 19.1. The summed E-state index contributed by atoms with van der Waals surface area (Å²) in [4.78, 5) is 15.5. The van der Waals surface area contributed by atoms with Crippen LogP contribution in [0.1, 0.15) is 18.4 Å². The van der Waals surface area contributed by atoms with Gasteiger partial charge in [-0.2, -0.15) is 10.2 Å². The molecular weight excluding hydrogens is 343 g/mol. The molecule has 1 aromatic heterocycles. The predicted molar refractivity (Wildman–Crippen MR) is 104 cm³/mol. The average molecular weight is 366 g/mol. The minimum Gasteiger partial charge on any atom is -0.365 e. The number of rotatable bonds is 3. The Balaban J connectivity index is 1.61. The van der Waals surface area contributed by atoms with Gasteiger partial charge >= 0.3 is 0 Å². The van der Waals surface area contributed by atoms with Gasteiger partial charge in [-0.3, -0.25) is 0 Å². The van der Waals surface area contributed by atoms with Crippen LogP contribution in [-0.4, -0.2) is 49.7 Å². The van der Waals surface area contributed by atoms with Crippen LogP contribution in [-0.2, 0) is 0 Å². The highest BCUT2D eigenvalue weighted by Gasteiger charge is 2.40. The first kappa shape index (κ1) is 17.5. The van der Waals surface area contributed by atoms with E-state index in [0.29, 0.717) is 11.6 Å². The van der Waals surface area contributed by atoms with Crippen LogP contribution in [0.4, 0.5) is 21.8 Å². The van der Waals surface area contributed by atoms with Crippen molar-refractivity contribution in [2.45, 2.75) is 18.9 Å². The Hall–Kier alpha value is -2.88. The highest BCUT2D eigenvalue weighted by molar-refractivity contribution is 5.61. The number of nitrogens with zero attached hydrogens (tertiary/aromatic N) is 6. The van der Waals surface area contributed by atoms with Crippen molar-refractivity contribution in [2.24, 2.45) is 5.92 Å². The standard InChI is InChI=1S/C20H23FN6/c1-25(2)19-6-9-23-20(24-19)26-10-7-14-8-11-27(18(14)13-26)17-5-3-4-16(21)15(17)12-22/h3-6,9,14,18H,7-8,10-11,13H2,1-2H3. The molecule has 2 fully saturated rings. The third-order valence-electron chi connectivity index (χ3n) is 5.64. The van der Waals surface area contributed by atoms with Gasteiger partial charge in [-0.05, 0) is 37.0 Å². The molecule has 2 aromatic rings. The third kappa shape index (κ3) is 3.16. The monoisotopic (exact) mass is 366 g/mol. The third-order valence-corrected chi connectivity index (χ3v) is 5.64. The molecule has 7 heteroatoms. The van der Waals surface area contributed by atoms with Gasteiger partial charge < -0.3 is 14.7 Å². The molecule has 0 spiro atoms. The summed E-state index contributed by atoms with van der Waals surface area (Å²) in [6.45, 7) is 2.54. The van der Waals surface area contributed by atoms with Crippen LogP contribution in [0.3, 0.4) is 0 Å². The maximum atomic E-state index is 14.1. The maximum Gasteiger partial charge on any atom is 0.227 e. The number of piperidine rings is 1. The van der Waals surface area contributed by atoms with Crippen molar-refractivity contribution in [3.05, 3.63) is 41.8 Å². The van der Waals surface area contributed by atoms with E-state index in [0.717, 1.165) is 44.2 Å². The highest BCUT2D eigenvalue weighted by Crippen LogP contribution is 2.37. The molecule has 0 aliphatic carbocycles. The molecular formula is C20H23FN6. The first-order chi connectivity index (χ1) is 13.1. The molecule has 4 rings (SSSR count). The topological polar surface area (TPSA) is 59.3 Å². The summed E-state index contributed by atoms with van der Waals surface area (Å²) >= 11 is 0. The second kappa shape index (κ2) is 7.03. The van der Waals surface area contributed by atoms with Gasteiger partial charge in [0.1, 0.15) is 23.3 Å². The van der Waals surface area contributed by atoms with E-state index in [1.807, 2.05) is 37.2 Å². The van der Waals surface area contributed by atoms with E-state index in [-0.39, 0.29) is 11.6 Å². The molecule has 1 aromatic carbocycles. The van der Waals surface area contributed by atoms with Crippen LogP contribution in [0, 0.1) is 23.1 Å². The number of fused-ring (bicyclic) bond motifs is 1. The molecule has 0 radical (unpaired) electrons. The zero-order valence-corrected chi connectivity index (χ0v) is 15.6. The smallest absolute Gasteiger partial charge is 0.227 e. The zero-order chi connectivity index (χ0) is 19.0. The lowest BCUT2D eigenvalue weighted by atomic mass is 9.92. The fraction of sp³-hybridized carbons (Fsp3) is 0.450. The van der Waals surface area contributed by atoms with E-state index in [1.165, 1.54) is 6.07 Å². The van der Waals surface area contributed by atoms with E-state index in [9.17, 15) is 9.65 Å². The van der Waals surface area contributed by atoms with Gasteiger partial charge in [0.05, 0.1) is 5.69 Å². The second-order valence-electron chi connectivity index (χ2n) is 7.40. The summed E-state index contributed by atoms with van der Waals surface area (Å²) < 4.78 is 14.1. The summed E-state index contributed by atoms with van der Waals surface area (Å²) in [5, 5.41) is 9.42. The molecule has 140 valence electrons. The van der Waals surface area contributed by atoms with E-state index in [1.54, 1.807) is 12.3 Å². The average Bonchev–Trinajstić information content (AvgIpc) is 3.11. The maximum absolute atomic E-state index is 14.1. The van der Waals surface area contributed by atoms with E-state index in [4.69, 9.17) is 0 Å². The Bertz CT molecular complexity index is 877. The molecule has 2 unspecified atom stereocenters. The molecule has 6 nitrogen and oxygen atoms in total. The number of nitriles is 1. The van der Waals surface area contributed by atoms with Gasteiger partial charge in [-0.25, -0.2) is 9.37 Å². The van der Waals surface area contributed by atoms with E-state index in [2.05, 4.69) is 19.8 Å². The molecule has 3 heterocycles. The predicted octanol–water partition coefficient (Wildman–Crippen LogP) is 2.66. The minimum absolute atomic E-state index is 0.140. The molecule has 2 saturated heterocycles. The number of benzene rings is 1. The molecule has 0 amide bonds. The SMILES string of the molecule is CN(C)c1ccnc(N2CCC3CCN(c4cccc(F)c4C#N)C3C2)n1. The van der Waals surface area contributed by atoms with Crippen LogP contribution in [0.5, 0.6) is 0 Å². The van der Waals surface area contributed by atoms with Gasteiger partial charge in [-0.15, -0.1) is 0 Å². The number of hydrogen-bond donors (Lipinski definition) is 0. The van der Waals surface area contributed by atoms with Crippen molar-refractivity contribution < 1.29 is 4.39 Å². The molecule has 2 atom stereocenters. The fourth-order valence-corrected chi connectivity index (χ4v) is 4.22. The van der Waals surface area contributed by atoms with Crippen LogP contribution >= 0.6 is 0 Å². The summed E-state index contributed by atoms with van der Waals surface area (Å²) in [5.74, 6) is 1.70.